The Labute approximate surface area is 168 Å². The maximum absolute atomic E-state index is 10.3. The lowest BCUT2D eigenvalue weighted by molar-refractivity contribution is 0.125. The van der Waals surface area contributed by atoms with Gasteiger partial charge >= 0.3 is 0 Å². The molecule has 0 aliphatic rings. The van der Waals surface area contributed by atoms with Crippen LogP contribution in [0.2, 0.25) is 5.02 Å². The average molecular weight is 404 g/mol. The average Bonchev–Trinajstić information content (AvgIpc) is 3.01. The Hall–Kier alpha value is -2.02. The number of thioether (sulfide) groups is 1. The summed E-state index contributed by atoms with van der Waals surface area (Å²) in [5.74, 6) is 2.07. The molecule has 0 radical (unpaired) electrons. The third-order valence-electron chi connectivity index (χ3n) is 4.17. The largest absolute Gasteiger partial charge is 0.490 e. The van der Waals surface area contributed by atoms with Gasteiger partial charge in [0.2, 0.25) is 0 Å². The lowest BCUT2D eigenvalue weighted by atomic mass is 10.1. The van der Waals surface area contributed by atoms with Crippen LogP contribution >= 0.6 is 23.4 Å². The number of benzene rings is 2. The topological polar surface area (TPSA) is 60.2 Å². The highest BCUT2D eigenvalue weighted by Gasteiger charge is 2.14. The molecule has 142 valence electrons. The maximum Gasteiger partial charge on any atom is 0.191 e. The summed E-state index contributed by atoms with van der Waals surface area (Å²) < 4.78 is 7.72. The highest BCUT2D eigenvalue weighted by Crippen LogP contribution is 2.25. The second kappa shape index (κ2) is 8.78. The normalized spacial score (nSPS) is 12.2. The number of aliphatic hydroxyl groups excluding tert-OH is 1. The van der Waals surface area contributed by atoms with Crippen molar-refractivity contribution in [3.63, 3.8) is 0 Å². The van der Waals surface area contributed by atoms with Crippen molar-refractivity contribution in [2.75, 3.05) is 12.4 Å². The van der Waals surface area contributed by atoms with Gasteiger partial charge in [-0.25, -0.2) is 0 Å². The highest BCUT2D eigenvalue weighted by atomic mass is 35.5. The van der Waals surface area contributed by atoms with Crippen LogP contribution < -0.4 is 4.74 Å². The van der Waals surface area contributed by atoms with E-state index in [-0.39, 0.29) is 6.61 Å². The van der Waals surface area contributed by atoms with Gasteiger partial charge in [-0.05, 0) is 49.2 Å². The molecule has 1 atom stereocenters. The molecule has 1 N–H and O–H groups in total. The fourth-order valence-electron chi connectivity index (χ4n) is 2.72. The number of rotatable bonds is 7. The van der Waals surface area contributed by atoms with Gasteiger partial charge in [-0.3, -0.25) is 0 Å². The Morgan fingerprint density at radius 3 is 2.44 bits per heavy atom. The van der Waals surface area contributed by atoms with Crippen LogP contribution in [0.25, 0.3) is 11.4 Å². The lowest BCUT2D eigenvalue weighted by Crippen LogP contribution is -2.21. The van der Waals surface area contributed by atoms with Crippen LogP contribution in [0.15, 0.2) is 47.6 Å². The first kappa shape index (κ1) is 19.7. The summed E-state index contributed by atoms with van der Waals surface area (Å²) >= 11 is 7.39. The van der Waals surface area contributed by atoms with E-state index >= 15 is 0 Å². The van der Waals surface area contributed by atoms with Gasteiger partial charge in [-0.1, -0.05) is 41.6 Å². The number of halogens is 1. The zero-order valence-corrected chi connectivity index (χ0v) is 17.1. The highest BCUT2D eigenvalue weighted by molar-refractivity contribution is 7.99. The van der Waals surface area contributed by atoms with Crippen molar-refractivity contribution in [2.45, 2.75) is 25.1 Å². The fraction of sp³-hybridized carbons (Fsp3) is 0.300. The second-order valence-electron chi connectivity index (χ2n) is 6.37. The smallest absolute Gasteiger partial charge is 0.191 e. The Morgan fingerprint density at radius 2 is 1.78 bits per heavy atom. The molecule has 0 fully saturated rings. The van der Waals surface area contributed by atoms with Crippen molar-refractivity contribution in [1.82, 2.24) is 14.8 Å². The van der Waals surface area contributed by atoms with Crippen molar-refractivity contribution >= 4 is 23.4 Å². The predicted octanol–water partition coefficient (Wildman–Crippen LogP) is 4.28. The molecule has 7 heteroatoms. The molecule has 1 aromatic heterocycles. The van der Waals surface area contributed by atoms with E-state index in [2.05, 4.69) is 10.2 Å². The van der Waals surface area contributed by atoms with E-state index in [0.29, 0.717) is 10.8 Å². The molecule has 0 spiro atoms. The molecule has 0 unspecified atom stereocenters. The first-order valence-corrected chi connectivity index (χ1v) is 9.97. The van der Waals surface area contributed by atoms with Crippen LogP contribution in [-0.2, 0) is 7.05 Å². The van der Waals surface area contributed by atoms with Crippen LogP contribution in [0.3, 0.4) is 0 Å². The Balaban J connectivity index is 1.58. The third kappa shape index (κ3) is 4.83. The predicted molar refractivity (Wildman–Crippen MR) is 110 cm³/mol. The summed E-state index contributed by atoms with van der Waals surface area (Å²) in [4.78, 5) is 0. The van der Waals surface area contributed by atoms with Crippen LogP contribution in [0, 0.1) is 13.8 Å². The number of aryl methyl sites for hydroxylation is 2. The minimum absolute atomic E-state index is 0.237. The van der Waals surface area contributed by atoms with E-state index in [1.165, 1.54) is 11.8 Å². The van der Waals surface area contributed by atoms with E-state index in [9.17, 15) is 5.11 Å². The van der Waals surface area contributed by atoms with E-state index < -0.39 is 6.10 Å². The van der Waals surface area contributed by atoms with Crippen LogP contribution in [0.4, 0.5) is 0 Å². The molecular formula is C20H22ClN3O2S. The molecule has 27 heavy (non-hydrogen) atoms. The van der Waals surface area contributed by atoms with Crippen molar-refractivity contribution in [2.24, 2.45) is 7.05 Å². The standard InChI is InChI=1S/C20H22ClN3O2S/c1-13-5-4-6-14(2)18(13)26-11-17(25)12-27-20-23-22-19(24(20)3)15-7-9-16(21)10-8-15/h4-10,17,25H,11-12H2,1-3H3/t17-/m1/s1. The quantitative estimate of drug-likeness (QED) is 0.596. The van der Waals surface area contributed by atoms with E-state index in [0.717, 1.165) is 33.4 Å². The molecular weight excluding hydrogens is 382 g/mol. The van der Waals surface area contributed by atoms with Crippen LogP contribution in [-0.4, -0.2) is 38.3 Å². The lowest BCUT2D eigenvalue weighted by Gasteiger charge is -2.15. The van der Waals surface area contributed by atoms with E-state index in [4.69, 9.17) is 16.3 Å². The number of para-hydroxylation sites is 1. The van der Waals surface area contributed by atoms with Crippen molar-refractivity contribution in [3.8, 4) is 17.1 Å². The summed E-state index contributed by atoms with van der Waals surface area (Å²) in [6, 6.07) is 13.5. The van der Waals surface area contributed by atoms with E-state index in [1.54, 1.807) is 0 Å². The molecule has 0 bridgehead atoms. The summed E-state index contributed by atoms with van der Waals surface area (Å²) in [5.41, 5.74) is 3.08. The molecule has 5 nitrogen and oxygen atoms in total. The summed E-state index contributed by atoms with van der Waals surface area (Å²) in [7, 11) is 1.91. The number of hydrogen-bond donors (Lipinski definition) is 1. The Kier molecular flexibility index (Phi) is 6.42. The van der Waals surface area contributed by atoms with Crippen molar-refractivity contribution in [3.05, 3.63) is 58.6 Å². The number of aromatic nitrogens is 3. The van der Waals surface area contributed by atoms with E-state index in [1.807, 2.05) is 67.9 Å². The van der Waals surface area contributed by atoms with Crippen LogP contribution in [0.1, 0.15) is 11.1 Å². The van der Waals surface area contributed by atoms with Gasteiger partial charge in [-0.2, -0.15) is 0 Å². The van der Waals surface area contributed by atoms with Gasteiger partial charge in [-0.15, -0.1) is 10.2 Å². The fourth-order valence-corrected chi connectivity index (χ4v) is 3.66. The molecule has 3 rings (SSSR count). The number of hydrogen-bond acceptors (Lipinski definition) is 5. The van der Waals surface area contributed by atoms with Gasteiger partial charge in [0.25, 0.3) is 0 Å². The molecule has 0 amide bonds. The molecule has 0 saturated heterocycles. The molecule has 0 saturated carbocycles. The SMILES string of the molecule is Cc1cccc(C)c1OC[C@@H](O)CSc1nnc(-c2ccc(Cl)cc2)n1C. The Bertz CT molecular complexity index is 892. The van der Waals surface area contributed by atoms with Gasteiger partial charge in [0, 0.05) is 23.4 Å². The molecule has 3 aromatic rings. The minimum atomic E-state index is -0.607. The zero-order valence-electron chi connectivity index (χ0n) is 15.5. The molecule has 2 aromatic carbocycles. The van der Waals surface area contributed by atoms with Gasteiger partial charge in [0.05, 0.1) is 6.10 Å². The summed E-state index contributed by atoms with van der Waals surface area (Å²) in [6.07, 6.45) is -0.607. The third-order valence-corrected chi connectivity index (χ3v) is 5.59. The number of aliphatic hydroxyl groups is 1. The maximum atomic E-state index is 10.3. The molecule has 0 aliphatic carbocycles. The summed E-state index contributed by atoms with van der Waals surface area (Å²) in [6.45, 7) is 4.24. The molecule has 1 heterocycles. The number of ether oxygens (including phenoxy) is 1. The minimum Gasteiger partial charge on any atom is -0.490 e. The first-order valence-electron chi connectivity index (χ1n) is 8.61. The van der Waals surface area contributed by atoms with Gasteiger partial charge in [0.1, 0.15) is 12.4 Å². The number of nitrogens with zero attached hydrogens (tertiary/aromatic N) is 3. The molecule has 0 aliphatic heterocycles. The van der Waals surface area contributed by atoms with Crippen molar-refractivity contribution in [1.29, 1.82) is 0 Å². The second-order valence-corrected chi connectivity index (χ2v) is 7.79. The van der Waals surface area contributed by atoms with Crippen molar-refractivity contribution < 1.29 is 9.84 Å². The van der Waals surface area contributed by atoms with Crippen LogP contribution in [0.5, 0.6) is 5.75 Å². The first-order chi connectivity index (χ1) is 13.0. The Morgan fingerprint density at radius 1 is 1.11 bits per heavy atom. The summed E-state index contributed by atoms with van der Waals surface area (Å²) in [5, 5.41) is 20.2. The monoisotopic (exact) mass is 403 g/mol. The zero-order chi connectivity index (χ0) is 19.4. The van der Waals surface area contributed by atoms with Gasteiger partial charge in [0.15, 0.2) is 11.0 Å². The van der Waals surface area contributed by atoms with Gasteiger partial charge < -0.3 is 14.4 Å².